The lowest BCUT2D eigenvalue weighted by atomic mass is 10.2. The van der Waals surface area contributed by atoms with Crippen LogP contribution in [0.1, 0.15) is 5.56 Å². The van der Waals surface area contributed by atoms with Crippen molar-refractivity contribution in [3.63, 3.8) is 0 Å². The first-order valence-corrected chi connectivity index (χ1v) is 6.40. The number of carbonyl (C=O) groups is 1. The Morgan fingerprint density at radius 2 is 2.35 bits per heavy atom. The Bertz CT molecular complexity index is 436. The molecular formula is C12H16BrN3O. The quantitative estimate of drug-likeness (QED) is 0.895. The molecule has 1 heterocycles. The van der Waals surface area contributed by atoms with Crippen molar-refractivity contribution in [1.29, 1.82) is 0 Å². The predicted molar refractivity (Wildman–Crippen MR) is 72.5 cm³/mol. The van der Waals surface area contributed by atoms with Crippen LogP contribution in [-0.4, -0.2) is 32.2 Å². The molecule has 1 aromatic carbocycles. The number of amides is 2. The Kier molecular flexibility index (Phi) is 3.69. The number of rotatable bonds is 3. The van der Waals surface area contributed by atoms with Crippen LogP contribution in [0, 0.1) is 6.92 Å². The number of carbonyl (C=O) groups excluding carboxylic acids is 1. The highest BCUT2D eigenvalue weighted by molar-refractivity contribution is 9.10. The lowest BCUT2D eigenvalue weighted by Gasteiger charge is -2.17. The molecular weight excluding hydrogens is 282 g/mol. The standard InChI is InChI=1S/C12H16BrN3O/c1-8-5-9(13)3-4-11(8)16-7-10(6-14-2)15-12(16)17/h3-5,10,14H,6-7H2,1-2H3,(H,15,17). The Morgan fingerprint density at radius 3 is 3.00 bits per heavy atom. The fourth-order valence-corrected chi connectivity index (χ4v) is 2.57. The van der Waals surface area contributed by atoms with Crippen LogP contribution in [0.25, 0.3) is 0 Å². The number of urea groups is 1. The molecule has 1 aliphatic rings. The molecule has 1 aromatic rings. The van der Waals surface area contributed by atoms with Gasteiger partial charge in [0.05, 0.1) is 6.04 Å². The van der Waals surface area contributed by atoms with Crippen molar-refractivity contribution >= 4 is 27.6 Å². The summed E-state index contributed by atoms with van der Waals surface area (Å²) in [6.07, 6.45) is 0. The molecule has 5 heteroatoms. The zero-order valence-corrected chi connectivity index (χ0v) is 11.5. The van der Waals surface area contributed by atoms with E-state index in [4.69, 9.17) is 0 Å². The summed E-state index contributed by atoms with van der Waals surface area (Å²) in [4.78, 5) is 13.7. The zero-order chi connectivity index (χ0) is 12.4. The first kappa shape index (κ1) is 12.4. The van der Waals surface area contributed by atoms with E-state index in [1.54, 1.807) is 4.90 Å². The lowest BCUT2D eigenvalue weighted by molar-refractivity contribution is 0.250. The Morgan fingerprint density at radius 1 is 1.59 bits per heavy atom. The Labute approximate surface area is 110 Å². The van der Waals surface area contributed by atoms with Crippen LogP contribution in [0.3, 0.4) is 0 Å². The third-order valence-electron chi connectivity index (χ3n) is 2.88. The molecule has 1 unspecified atom stereocenters. The molecule has 2 rings (SSSR count). The van der Waals surface area contributed by atoms with Gasteiger partial charge in [-0.25, -0.2) is 4.79 Å². The van der Waals surface area contributed by atoms with E-state index in [2.05, 4.69) is 26.6 Å². The van der Waals surface area contributed by atoms with Gasteiger partial charge in [-0.2, -0.15) is 0 Å². The fourth-order valence-electron chi connectivity index (χ4n) is 2.09. The smallest absolute Gasteiger partial charge is 0.322 e. The molecule has 0 bridgehead atoms. The topological polar surface area (TPSA) is 44.4 Å². The molecule has 1 aliphatic heterocycles. The largest absolute Gasteiger partial charge is 0.332 e. The SMILES string of the molecule is CNCC1CN(c2ccc(Br)cc2C)C(=O)N1. The van der Waals surface area contributed by atoms with E-state index < -0.39 is 0 Å². The van der Waals surface area contributed by atoms with E-state index in [-0.39, 0.29) is 12.1 Å². The number of benzene rings is 1. The maximum atomic E-state index is 11.9. The van der Waals surface area contributed by atoms with Gasteiger partial charge in [0.2, 0.25) is 0 Å². The molecule has 1 fully saturated rings. The summed E-state index contributed by atoms with van der Waals surface area (Å²) >= 11 is 3.43. The van der Waals surface area contributed by atoms with Crippen LogP contribution in [0.4, 0.5) is 10.5 Å². The van der Waals surface area contributed by atoms with E-state index in [9.17, 15) is 4.79 Å². The number of anilines is 1. The van der Waals surface area contributed by atoms with Crippen LogP contribution in [0.2, 0.25) is 0 Å². The summed E-state index contributed by atoms with van der Waals surface area (Å²) in [5, 5.41) is 6.04. The minimum Gasteiger partial charge on any atom is -0.332 e. The summed E-state index contributed by atoms with van der Waals surface area (Å²) in [6.45, 7) is 3.51. The Hall–Kier alpha value is -1.07. The molecule has 1 atom stereocenters. The molecule has 92 valence electrons. The van der Waals surface area contributed by atoms with E-state index in [1.165, 1.54) is 0 Å². The second kappa shape index (κ2) is 5.06. The van der Waals surface area contributed by atoms with Crippen LogP contribution in [0.15, 0.2) is 22.7 Å². The zero-order valence-electron chi connectivity index (χ0n) is 9.96. The normalized spacial score (nSPS) is 19.6. The van der Waals surface area contributed by atoms with Crippen LogP contribution >= 0.6 is 15.9 Å². The molecule has 4 nitrogen and oxygen atoms in total. The van der Waals surface area contributed by atoms with Crippen LogP contribution in [0.5, 0.6) is 0 Å². The van der Waals surface area contributed by atoms with Crippen LogP contribution < -0.4 is 15.5 Å². The van der Waals surface area contributed by atoms with Crippen molar-refractivity contribution in [2.75, 3.05) is 25.0 Å². The molecule has 2 amide bonds. The molecule has 17 heavy (non-hydrogen) atoms. The first-order valence-electron chi connectivity index (χ1n) is 5.60. The molecule has 0 radical (unpaired) electrons. The number of likely N-dealkylation sites (N-methyl/N-ethyl adjacent to an activating group) is 1. The van der Waals surface area contributed by atoms with Gasteiger partial charge in [-0.3, -0.25) is 4.90 Å². The van der Waals surface area contributed by atoms with Gasteiger partial charge in [0.1, 0.15) is 0 Å². The lowest BCUT2D eigenvalue weighted by Crippen LogP contribution is -2.35. The van der Waals surface area contributed by atoms with E-state index in [0.29, 0.717) is 6.54 Å². The van der Waals surface area contributed by atoms with Gasteiger partial charge in [-0.05, 0) is 37.7 Å². The third-order valence-corrected chi connectivity index (χ3v) is 3.37. The van der Waals surface area contributed by atoms with Gasteiger partial charge in [0.15, 0.2) is 0 Å². The summed E-state index contributed by atoms with van der Waals surface area (Å²) in [6, 6.07) is 6.11. The van der Waals surface area contributed by atoms with Gasteiger partial charge in [0, 0.05) is 23.2 Å². The van der Waals surface area contributed by atoms with Crippen molar-refractivity contribution in [2.45, 2.75) is 13.0 Å². The Balaban J connectivity index is 2.20. The number of aryl methyl sites for hydroxylation is 1. The first-order chi connectivity index (χ1) is 8.11. The maximum Gasteiger partial charge on any atom is 0.322 e. The van der Waals surface area contributed by atoms with Gasteiger partial charge in [0.25, 0.3) is 0 Å². The monoisotopic (exact) mass is 297 g/mol. The van der Waals surface area contributed by atoms with Crippen molar-refractivity contribution in [3.05, 3.63) is 28.2 Å². The van der Waals surface area contributed by atoms with Crippen molar-refractivity contribution < 1.29 is 4.79 Å². The number of hydrogen-bond acceptors (Lipinski definition) is 2. The summed E-state index contributed by atoms with van der Waals surface area (Å²) in [5.74, 6) is 0. The van der Waals surface area contributed by atoms with E-state index in [1.807, 2.05) is 32.2 Å². The molecule has 1 saturated heterocycles. The highest BCUT2D eigenvalue weighted by atomic mass is 79.9. The molecule has 2 N–H and O–H groups in total. The van der Waals surface area contributed by atoms with E-state index in [0.717, 1.165) is 22.3 Å². The number of nitrogens with zero attached hydrogens (tertiary/aromatic N) is 1. The maximum absolute atomic E-state index is 11.9. The van der Waals surface area contributed by atoms with Gasteiger partial charge >= 0.3 is 6.03 Å². The van der Waals surface area contributed by atoms with Crippen molar-refractivity contribution in [1.82, 2.24) is 10.6 Å². The molecule has 0 aromatic heterocycles. The molecule has 0 saturated carbocycles. The third kappa shape index (κ3) is 2.61. The second-order valence-corrected chi connectivity index (χ2v) is 5.16. The van der Waals surface area contributed by atoms with Crippen LogP contribution in [-0.2, 0) is 0 Å². The summed E-state index contributed by atoms with van der Waals surface area (Å²) < 4.78 is 1.03. The number of hydrogen-bond donors (Lipinski definition) is 2. The minimum atomic E-state index is -0.0179. The van der Waals surface area contributed by atoms with Gasteiger partial charge in [-0.1, -0.05) is 15.9 Å². The minimum absolute atomic E-state index is 0.0179. The number of nitrogens with one attached hydrogen (secondary N) is 2. The van der Waals surface area contributed by atoms with E-state index >= 15 is 0 Å². The fraction of sp³-hybridized carbons (Fsp3) is 0.417. The average molecular weight is 298 g/mol. The highest BCUT2D eigenvalue weighted by Gasteiger charge is 2.29. The average Bonchev–Trinajstić information content (AvgIpc) is 2.60. The van der Waals surface area contributed by atoms with Gasteiger partial charge < -0.3 is 10.6 Å². The summed E-state index contributed by atoms with van der Waals surface area (Å²) in [7, 11) is 1.89. The van der Waals surface area contributed by atoms with Crippen molar-refractivity contribution in [3.8, 4) is 0 Å². The second-order valence-electron chi connectivity index (χ2n) is 4.25. The highest BCUT2D eigenvalue weighted by Crippen LogP contribution is 2.25. The van der Waals surface area contributed by atoms with Gasteiger partial charge in [-0.15, -0.1) is 0 Å². The number of halogens is 1. The van der Waals surface area contributed by atoms with Crippen molar-refractivity contribution in [2.24, 2.45) is 0 Å². The predicted octanol–water partition coefficient (Wildman–Crippen LogP) is 1.88. The molecule has 0 aliphatic carbocycles. The summed E-state index contributed by atoms with van der Waals surface area (Å²) in [5.41, 5.74) is 2.07. The molecule has 0 spiro atoms.